The van der Waals surface area contributed by atoms with E-state index in [0.717, 1.165) is 11.1 Å². The molecule has 0 heterocycles. The number of allylic oxidation sites excluding steroid dienone is 2. The Kier molecular flexibility index (Phi) is 7.15. The zero-order chi connectivity index (χ0) is 12.1. The van der Waals surface area contributed by atoms with Gasteiger partial charge < -0.3 is 0 Å². The van der Waals surface area contributed by atoms with Crippen LogP contribution in [0.5, 0.6) is 0 Å². The van der Waals surface area contributed by atoms with Crippen molar-refractivity contribution in [3.63, 3.8) is 0 Å². The molecule has 0 amide bonds. The van der Waals surface area contributed by atoms with Gasteiger partial charge in [0.2, 0.25) is 0 Å². The molecule has 2 aromatic rings. The van der Waals surface area contributed by atoms with Crippen LogP contribution >= 0.6 is 0 Å². The fourth-order valence-electron chi connectivity index (χ4n) is 1.31. The van der Waals surface area contributed by atoms with Gasteiger partial charge >= 0.3 is 26.2 Å². The Morgan fingerprint density at radius 3 is 2.24 bits per heavy atom. The largest absolute Gasteiger partial charge is 2.00 e. The van der Waals surface area contributed by atoms with Gasteiger partial charge in [-0.25, -0.2) is 11.1 Å². The minimum absolute atomic E-state index is 0. The van der Waals surface area contributed by atoms with Crippen LogP contribution in [0.4, 0.5) is 0 Å². The van der Waals surface area contributed by atoms with Gasteiger partial charge in [-0.3, -0.25) is 6.58 Å². The van der Waals surface area contributed by atoms with Crippen molar-refractivity contribution in [2.24, 2.45) is 0 Å². The van der Waals surface area contributed by atoms with E-state index >= 15 is 0 Å². The molecule has 0 saturated carbocycles. The summed E-state index contributed by atoms with van der Waals surface area (Å²) >= 11 is 0. The first-order valence-corrected chi connectivity index (χ1v) is 5.37. The average Bonchev–Trinajstić information content (AvgIpc) is 2.58. The summed E-state index contributed by atoms with van der Waals surface area (Å²) in [7, 11) is 0. The predicted molar refractivity (Wildman–Crippen MR) is 72.6 cm³/mol. The Morgan fingerprint density at radius 1 is 1.24 bits per heavy atom. The SMILES string of the molecule is Cc1cc2ccccc2[cH-]1.[CH-]=C(C)C(=C)C.[Zr+2]. The van der Waals surface area contributed by atoms with Crippen molar-refractivity contribution >= 4 is 10.8 Å². The van der Waals surface area contributed by atoms with E-state index in [9.17, 15) is 0 Å². The second-order valence-electron chi connectivity index (χ2n) is 4.12. The van der Waals surface area contributed by atoms with Gasteiger partial charge in [0.15, 0.2) is 0 Å². The maximum absolute atomic E-state index is 5.25. The molecule has 2 rings (SSSR count). The third-order valence-corrected chi connectivity index (χ3v) is 2.44. The van der Waals surface area contributed by atoms with Crippen molar-refractivity contribution in [2.45, 2.75) is 20.8 Å². The Hall–Kier alpha value is -0.807. The first-order valence-electron chi connectivity index (χ1n) is 5.37. The van der Waals surface area contributed by atoms with E-state index in [0.29, 0.717) is 0 Å². The van der Waals surface area contributed by atoms with Gasteiger partial charge in [-0.2, -0.15) is 12.6 Å². The molecule has 0 fully saturated rings. The summed E-state index contributed by atoms with van der Waals surface area (Å²) in [6, 6.07) is 12.8. The maximum Gasteiger partial charge on any atom is 2.00 e. The van der Waals surface area contributed by atoms with Gasteiger partial charge in [-0.1, -0.05) is 19.9 Å². The summed E-state index contributed by atoms with van der Waals surface area (Å²) < 4.78 is 0. The monoisotopic (exact) mass is 300 g/mol. The maximum atomic E-state index is 5.25. The van der Waals surface area contributed by atoms with Crippen LogP contribution in [-0.4, -0.2) is 0 Å². The Labute approximate surface area is 124 Å². The molecule has 0 unspecified atom stereocenters. The summed E-state index contributed by atoms with van der Waals surface area (Å²) in [4.78, 5) is 0. The number of aryl methyl sites for hydroxylation is 1. The van der Waals surface area contributed by atoms with E-state index < -0.39 is 0 Å². The van der Waals surface area contributed by atoms with E-state index in [-0.39, 0.29) is 26.2 Å². The molecule has 0 aromatic heterocycles. The van der Waals surface area contributed by atoms with Crippen molar-refractivity contribution < 1.29 is 26.2 Å². The third kappa shape index (κ3) is 5.37. The summed E-state index contributed by atoms with van der Waals surface area (Å²) in [5.74, 6) is 0. The van der Waals surface area contributed by atoms with Crippen LogP contribution in [0, 0.1) is 13.5 Å². The summed E-state index contributed by atoms with van der Waals surface area (Å²) in [5.41, 5.74) is 3.12. The number of hydrogen-bond acceptors (Lipinski definition) is 0. The molecule has 0 atom stereocenters. The van der Waals surface area contributed by atoms with Crippen LogP contribution in [0.25, 0.3) is 10.8 Å². The zero-order valence-electron chi connectivity index (χ0n) is 10.7. The molecule has 17 heavy (non-hydrogen) atoms. The first-order chi connectivity index (χ1) is 7.50. The second kappa shape index (κ2) is 7.51. The number of hydrogen-bond donors (Lipinski definition) is 0. The minimum Gasteiger partial charge on any atom is -0.290 e. The van der Waals surface area contributed by atoms with Crippen LogP contribution in [0.1, 0.15) is 19.4 Å². The van der Waals surface area contributed by atoms with E-state index in [4.69, 9.17) is 6.58 Å². The Bertz CT molecular complexity index is 458. The Balaban J connectivity index is 0.000000324. The van der Waals surface area contributed by atoms with Crippen molar-refractivity contribution in [1.82, 2.24) is 0 Å². The van der Waals surface area contributed by atoms with E-state index in [1.54, 1.807) is 0 Å². The van der Waals surface area contributed by atoms with Gasteiger partial charge in [-0.05, 0) is 0 Å². The van der Waals surface area contributed by atoms with Crippen molar-refractivity contribution in [3.8, 4) is 0 Å². The van der Waals surface area contributed by atoms with Gasteiger partial charge in [-0.15, -0.1) is 47.5 Å². The van der Waals surface area contributed by atoms with Crippen LogP contribution in [-0.2, 0) is 26.2 Å². The van der Waals surface area contributed by atoms with E-state index in [1.807, 2.05) is 13.8 Å². The average molecular weight is 302 g/mol. The molecule has 1 heteroatoms. The topological polar surface area (TPSA) is 0 Å². The van der Waals surface area contributed by atoms with E-state index in [2.05, 4.69) is 49.9 Å². The van der Waals surface area contributed by atoms with Gasteiger partial charge in [0, 0.05) is 0 Å². The van der Waals surface area contributed by atoms with Gasteiger partial charge in [0.1, 0.15) is 0 Å². The molecule has 0 saturated heterocycles. The molecular weight excluding hydrogens is 283 g/mol. The van der Waals surface area contributed by atoms with Crippen molar-refractivity contribution in [2.75, 3.05) is 0 Å². The molecule has 2 aromatic carbocycles. The summed E-state index contributed by atoms with van der Waals surface area (Å²) in [6.45, 7) is 14.7. The number of fused-ring (bicyclic) bond motifs is 1. The summed E-state index contributed by atoms with van der Waals surface area (Å²) in [6.07, 6.45) is 0. The van der Waals surface area contributed by atoms with Crippen LogP contribution in [0.2, 0.25) is 0 Å². The first kappa shape index (κ1) is 16.2. The normalized spacial score (nSPS) is 8.88. The third-order valence-electron chi connectivity index (χ3n) is 2.44. The van der Waals surface area contributed by atoms with Gasteiger partial charge in [0.25, 0.3) is 0 Å². The molecule has 0 spiro atoms. The molecule has 86 valence electrons. The molecule has 0 N–H and O–H groups in total. The molecule has 0 aliphatic carbocycles. The molecular formula is C16H18Zr. The smallest absolute Gasteiger partial charge is 0.290 e. The zero-order valence-corrected chi connectivity index (χ0v) is 13.2. The molecule has 0 aliphatic heterocycles. The van der Waals surface area contributed by atoms with Crippen molar-refractivity contribution in [1.29, 1.82) is 0 Å². The van der Waals surface area contributed by atoms with Crippen molar-refractivity contribution in [3.05, 3.63) is 66.3 Å². The fraction of sp³-hybridized carbons (Fsp3) is 0.188. The summed E-state index contributed by atoms with van der Waals surface area (Å²) in [5, 5.41) is 2.69. The standard InChI is InChI=1S/C10H9.C6H9.Zr/c1-8-6-9-4-2-3-5-10(9)7-8;1-5(2)6(3)4;/h2-7H,1H3;1H,3H2,2,4H3;/q2*-1;+2. The Morgan fingerprint density at radius 2 is 1.76 bits per heavy atom. The van der Waals surface area contributed by atoms with E-state index in [1.165, 1.54) is 16.3 Å². The minimum atomic E-state index is 0. The van der Waals surface area contributed by atoms with Gasteiger partial charge in [0.05, 0.1) is 0 Å². The van der Waals surface area contributed by atoms with Crippen LogP contribution in [0.3, 0.4) is 0 Å². The molecule has 0 radical (unpaired) electrons. The molecule has 0 bridgehead atoms. The second-order valence-corrected chi connectivity index (χ2v) is 4.12. The molecule has 0 aliphatic rings. The predicted octanol–water partition coefficient (Wildman–Crippen LogP) is 4.81. The van der Waals surface area contributed by atoms with Crippen LogP contribution < -0.4 is 0 Å². The van der Waals surface area contributed by atoms with Crippen LogP contribution in [0.15, 0.2) is 54.1 Å². The number of rotatable bonds is 1. The number of benzene rings is 1. The quantitative estimate of drug-likeness (QED) is 0.524. The molecule has 0 nitrogen and oxygen atoms in total. The fourth-order valence-corrected chi connectivity index (χ4v) is 1.31.